The molecule has 3 heteroatoms. The summed E-state index contributed by atoms with van der Waals surface area (Å²) in [6.45, 7) is 12.8. The highest BCUT2D eigenvalue weighted by atomic mass is 16.2. The van der Waals surface area contributed by atoms with Crippen LogP contribution in [0.3, 0.4) is 0 Å². The van der Waals surface area contributed by atoms with Crippen molar-refractivity contribution in [2.24, 2.45) is 17.8 Å². The maximum absolute atomic E-state index is 11.9. The van der Waals surface area contributed by atoms with E-state index in [2.05, 4.69) is 30.7 Å². The Morgan fingerprint density at radius 2 is 1.79 bits per heavy atom. The van der Waals surface area contributed by atoms with Crippen molar-refractivity contribution in [2.75, 3.05) is 33.2 Å². The lowest BCUT2D eigenvalue weighted by molar-refractivity contribution is -0.135. The van der Waals surface area contributed by atoms with Crippen LogP contribution in [0, 0.1) is 17.8 Å². The summed E-state index contributed by atoms with van der Waals surface area (Å²) in [5, 5.41) is 0. The van der Waals surface area contributed by atoms with E-state index in [4.69, 9.17) is 0 Å². The summed E-state index contributed by atoms with van der Waals surface area (Å²) >= 11 is 0. The van der Waals surface area contributed by atoms with Gasteiger partial charge in [-0.1, -0.05) is 27.7 Å². The van der Waals surface area contributed by atoms with Crippen molar-refractivity contribution in [3.8, 4) is 0 Å². The Morgan fingerprint density at radius 3 is 2.26 bits per heavy atom. The summed E-state index contributed by atoms with van der Waals surface area (Å²) in [4.78, 5) is 16.4. The fraction of sp³-hybridized carbons (Fsp3) is 0.938. The van der Waals surface area contributed by atoms with E-state index in [1.807, 2.05) is 13.8 Å². The molecule has 3 nitrogen and oxygen atoms in total. The number of nitrogens with zero attached hydrogens (tertiary/aromatic N) is 2. The molecule has 0 unspecified atom stereocenters. The van der Waals surface area contributed by atoms with Gasteiger partial charge in [0.25, 0.3) is 0 Å². The maximum Gasteiger partial charge on any atom is 0.225 e. The van der Waals surface area contributed by atoms with Crippen molar-refractivity contribution in [2.45, 2.75) is 47.0 Å². The first kappa shape index (κ1) is 16.5. The Bertz CT molecular complexity index is 268. The van der Waals surface area contributed by atoms with Gasteiger partial charge in [-0.15, -0.1) is 0 Å². The second-order valence-corrected chi connectivity index (χ2v) is 6.87. The molecule has 0 aliphatic carbocycles. The molecule has 0 aromatic heterocycles. The van der Waals surface area contributed by atoms with Crippen molar-refractivity contribution in [1.82, 2.24) is 9.80 Å². The number of hydrogen-bond acceptors (Lipinski definition) is 2. The van der Waals surface area contributed by atoms with Crippen LogP contribution in [-0.4, -0.2) is 48.9 Å². The number of amides is 1. The van der Waals surface area contributed by atoms with Gasteiger partial charge in [0.2, 0.25) is 5.91 Å². The number of hydrogen-bond donors (Lipinski definition) is 0. The second-order valence-electron chi connectivity index (χ2n) is 6.87. The molecule has 1 aliphatic heterocycles. The van der Waals surface area contributed by atoms with Crippen LogP contribution in [0.5, 0.6) is 0 Å². The highest BCUT2D eigenvalue weighted by Crippen LogP contribution is 2.22. The average molecular weight is 268 g/mol. The molecule has 1 heterocycles. The number of carbonyl (C=O) groups excluding carboxylic acids is 1. The van der Waals surface area contributed by atoms with Crippen LogP contribution >= 0.6 is 0 Å². The summed E-state index contributed by atoms with van der Waals surface area (Å²) in [5.74, 6) is 2.03. The molecule has 0 aromatic rings. The van der Waals surface area contributed by atoms with Gasteiger partial charge in [-0.3, -0.25) is 4.79 Å². The third-order valence-corrected chi connectivity index (χ3v) is 4.02. The van der Waals surface area contributed by atoms with E-state index in [1.165, 1.54) is 32.4 Å². The molecule has 19 heavy (non-hydrogen) atoms. The van der Waals surface area contributed by atoms with Gasteiger partial charge < -0.3 is 9.80 Å². The Morgan fingerprint density at radius 1 is 1.21 bits per heavy atom. The standard InChI is InChI=1S/C16H32N2O/c1-13(2)12-17(5)9-6-15-7-10-18(11-8-15)16(19)14(3)4/h13-15H,6-12H2,1-5H3. The van der Waals surface area contributed by atoms with E-state index in [0.29, 0.717) is 5.91 Å². The quantitative estimate of drug-likeness (QED) is 0.739. The van der Waals surface area contributed by atoms with Crippen LogP contribution in [0.15, 0.2) is 0 Å². The zero-order chi connectivity index (χ0) is 14.4. The lowest BCUT2D eigenvalue weighted by Gasteiger charge is -2.34. The third kappa shape index (κ3) is 5.94. The van der Waals surface area contributed by atoms with Crippen molar-refractivity contribution >= 4 is 5.91 Å². The van der Waals surface area contributed by atoms with Crippen LogP contribution < -0.4 is 0 Å². The largest absolute Gasteiger partial charge is 0.342 e. The molecule has 0 bridgehead atoms. The van der Waals surface area contributed by atoms with Gasteiger partial charge in [0.1, 0.15) is 0 Å². The molecule has 1 rings (SSSR count). The second kappa shape index (κ2) is 7.88. The molecule has 0 N–H and O–H groups in total. The van der Waals surface area contributed by atoms with Crippen LogP contribution in [0.25, 0.3) is 0 Å². The van der Waals surface area contributed by atoms with E-state index in [0.717, 1.165) is 24.9 Å². The Labute approximate surface area is 119 Å². The minimum atomic E-state index is 0.147. The van der Waals surface area contributed by atoms with E-state index in [1.54, 1.807) is 0 Å². The van der Waals surface area contributed by atoms with E-state index in [9.17, 15) is 4.79 Å². The smallest absolute Gasteiger partial charge is 0.225 e. The highest BCUT2D eigenvalue weighted by molar-refractivity contribution is 5.78. The number of rotatable bonds is 6. The minimum absolute atomic E-state index is 0.147. The molecule has 1 aliphatic rings. The normalized spacial score (nSPS) is 17.8. The summed E-state index contributed by atoms with van der Waals surface area (Å²) in [5.41, 5.74) is 0. The summed E-state index contributed by atoms with van der Waals surface area (Å²) in [6, 6.07) is 0. The Kier molecular flexibility index (Phi) is 6.84. The first-order chi connectivity index (χ1) is 8.90. The summed E-state index contributed by atoms with van der Waals surface area (Å²) in [6.07, 6.45) is 3.66. The molecule has 0 radical (unpaired) electrons. The Balaban J connectivity index is 2.21. The Hall–Kier alpha value is -0.570. The van der Waals surface area contributed by atoms with Crippen molar-refractivity contribution in [3.05, 3.63) is 0 Å². The summed E-state index contributed by atoms with van der Waals surface area (Å²) in [7, 11) is 2.22. The van der Waals surface area contributed by atoms with Crippen molar-refractivity contribution in [1.29, 1.82) is 0 Å². The van der Waals surface area contributed by atoms with Gasteiger partial charge in [-0.25, -0.2) is 0 Å². The van der Waals surface area contributed by atoms with E-state index in [-0.39, 0.29) is 5.92 Å². The predicted molar refractivity (Wildman–Crippen MR) is 81.1 cm³/mol. The molecule has 0 spiro atoms. The van der Waals surface area contributed by atoms with Crippen LogP contribution in [0.4, 0.5) is 0 Å². The first-order valence-electron chi connectivity index (χ1n) is 7.87. The van der Waals surface area contributed by atoms with Gasteiger partial charge in [-0.05, 0) is 44.7 Å². The number of piperidine rings is 1. The fourth-order valence-corrected chi connectivity index (χ4v) is 2.92. The summed E-state index contributed by atoms with van der Waals surface area (Å²) < 4.78 is 0. The van der Waals surface area contributed by atoms with Crippen molar-refractivity contribution in [3.63, 3.8) is 0 Å². The average Bonchev–Trinajstić information content (AvgIpc) is 2.35. The molecular weight excluding hydrogens is 236 g/mol. The third-order valence-electron chi connectivity index (χ3n) is 4.02. The van der Waals surface area contributed by atoms with Crippen LogP contribution in [0.2, 0.25) is 0 Å². The van der Waals surface area contributed by atoms with Gasteiger partial charge in [0, 0.05) is 25.6 Å². The van der Waals surface area contributed by atoms with Gasteiger partial charge in [-0.2, -0.15) is 0 Å². The number of carbonyl (C=O) groups is 1. The minimum Gasteiger partial charge on any atom is -0.342 e. The van der Waals surface area contributed by atoms with Crippen molar-refractivity contribution < 1.29 is 4.79 Å². The lowest BCUT2D eigenvalue weighted by atomic mass is 9.92. The monoisotopic (exact) mass is 268 g/mol. The van der Waals surface area contributed by atoms with E-state index < -0.39 is 0 Å². The molecule has 0 atom stereocenters. The first-order valence-corrected chi connectivity index (χ1v) is 7.87. The van der Waals surface area contributed by atoms with Crippen LogP contribution in [-0.2, 0) is 4.79 Å². The van der Waals surface area contributed by atoms with E-state index >= 15 is 0 Å². The molecular formula is C16H32N2O. The van der Waals surface area contributed by atoms with Crippen LogP contribution in [0.1, 0.15) is 47.0 Å². The molecule has 0 saturated carbocycles. The lowest BCUT2D eigenvalue weighted by Crippen LogP contribution is -2.41. The number of likely N-dealkylation sites (tertiary alicyclic amines) is 1. The topological polar surface area (TPSA) is 23.6 Å². The fourth-order valence-electron chi connectivity index (χ4n) is 2.92. The molecule has 112 valence electrons. The SMILES string of the molecule is CC(C)CN(C)CCC1CCN(C(=O)C(C)C)CC1. The zero-order valence-corrected chi connectivity index (χ0v) is 13.5. The molecule has 1 fully saturated rings. The maximum atomic E-state index is 11.9. The van der Waals surface area contributed by atoms with Gasteiger partial charge >= 0.3 is 0 Å². The van der Waals surface area contributed by atoms with Gasteiger partial charge in [0.15, 0.2) is 0 Å². The van der Waals surface area contributed by atoms with Gasteiger partial charge in [0.05, 0.1) is 0 Å². The molecule has 0 aromatic carbocycles. The zero-order valence-electron chi connectivity index (χ0n) is 13.5. The molecule has 1 saturated heterocycles. The highest BCUT2D eigenvalue weighted by Gasteiger charge is 2.24. The predicted octanol–water partition coefficient (Wildman–Crippen LogP) is 2.86. The molecule has 1 amide bonds.